The maximum absolute atomic E-state index is 8.60. The number of nitrogens with zero attached hydrogens (tertiary/aromatic N) is 2. The summed E-state index contributed by atoms with van der Waals surface area (Å²) >= 11 is 0. The van der Waals surface area contributed by atoms with Gasteiger partial charge >= 0.3 is 0 Å². The number of aromatic nitrogens is 1. The summed E-state index contributed by atoms with van der Waals surface area (Å²) in [6.07, 6.45) is 0.513. The van der Waals surface area contributed by atoms with Crippen LogP contribution in [0.4, 0.5) is 0 Å². The quantitative estimate of drug-likeness (QED) is 0.890. The Morgan fingerprint density at radius 3 is 3.00 bits per heavy atom. The first-order valence-corrected chi connectivity index (χ1v) is 5.85. The minimum Gasteiger partial charge on any atom is -0.491 e. The fourth-order valence-corrected chi connectivity index (χ4v) is 1.69. The average Bonchev–Trinajstić information content (AvgIpc) is 2.39. The van der Waals surface area contributed by atoms with E-state index in [9.17, 15) is 0 Å². The zero-order chi connectivity index (χ0) is 13.0. The fraction of sp³-hybridized carbons (Fsp3) is 0.286. The number of para-hydroxylation sites is 1. The molecule has 2 rings (SSSR count). The van der Waals surface area contributed by atoms with E-state index < -0.39 is 6.04 Å². The predicted octanol–water partition coefficient (Wildman–Crippen LogP) is 2.16. The highest BCUT2D eigenvalue weighted by molar-refractivity contribution is 5.84. The van der Waals surface area contributed by atoms with E-state index in [0.29, 0.717) is 13.0 Å². The monoisotopic (exact) mass is 241 g/mol. The summed E-state index contributed by atoms with van der Waals surface area (Å²) in [6.45, 7) is 2.37. The van der Waals surface area contributed by atoms with E-state index in [4.69, 9.17) is 15.7 Å². The topological polar surface area (TPSA) is 71.9 Å². The van der Waals surface area contributed by atoms with E-state index in [1.54, 1.807) is 0 Å². The molecule has 0 aliphatic carbocycles. The number of nitriles is 1. The van der Waals surface area contributed by atoms with Crippen molar-refractivity contribution in [1.29, 1.82) is 5.26 Å². The molecule has 4 heteroatoms. The van der Waals surface area contributed by atoms with Crippen molar-refractivity contribution >= 4 is 10.9 Å². The van der Waals surface area contributed by atoms with Gasteiger partial charge < -0.3 is 10.5 Å². The normalized spacial score (nSPS) is 12.1. The molecule has 0 saturated carbocycles. The highest BCUT2D eigenvalue weighted by Crippen LogP contribution is 2.23. The zero-order valence-electron chi connectivity index (χ0n) is 10.3. The first-order chi connectivity index (χ1) is 8.70. The largest absolute Gasteiger partial charge is 0.491 e. The summed E-state index contributed by atoms with van der Waals surface area (Å²) < 4.78 is 5.65. The van der Waals surface area contributed by atoms with E-state index in [2.05, 4.69) is 4.98 Å². The zero-order valence-corrected chi connectivity index (χ0v) is 10.3. The van der Waals surface area contributed by atoms with Crippen molar-refractivity contribution in [1.82, 2.24) is 4.98 Å². The van der Waals surface area contributed by atoms with Gasteiger partial charge in [0.05, 0.1) is 18.7 Å². The number of hydrogen-bond donors (Lipinski definition) is 1. The van der Waals surface area contributed by atoms with Crippen molar-refractivity contribution in [3.05, 3.63) is 36.0 Å². The van der Waals surface area contributed by atoms with Crippen molar-refractivity contribution in [3.8, 4) is 11.8 Å². The number of benzene rings is 1. The molecule has 0 radical (unpaired) electrons. The third-order valence-corrected chi connectivity index (χ3v) is 2.67. The van der Waals surface area contributed by atoms with Gasteiger partial charge in [0, 0.05) is 17.5 Å². The van der Waals surface area contributed by atoms with Crippen LogP contribution in [0.2, 0.25) is 0 Å². The summed E-state index contributed by atoms with van der Waals surface area (Å²) in [7, 11) is 0. The van der Waals surface area contributed by atoms with E-state index in [1.807, 2.05) is 43.3 Å². The number of pyridine rings is 1. The molecular weight excluding hydrogens is 226 g/mol. The lowest BCUT2D eigenvalue weighted by Gasteiger charge is -2.09. The van der Waals surface area contributed by atoms with Crippen LogP contribution in [0.1, 0.15) is 12.1 Å². The minimum atomic E-state index is -0.477. The Labute approximate surface area is 106 Å². The van der Waals surface area contributed by atoms with Crippen LogP contribution in [-0.4, -0.2) is 17.6 Å². The predicted molar refractivity (Wildman–Crippen MR) is 70.2 cm³/mol. The molecule has 0 amide bonds. The van der Waals surface area contributed by atoms with Gasteiger partial charge in [-0.25, -0.2) is 4.98 Å². The first kappa shape index (κ1) is 12.3. The Kier molecular flexibility index (Phi) is 3.75. The number of aryl methyl sites for hydroxylation is 1. The third kappa shape index (κ3) is 2.76. The standard InChI is InChI=1S/C14H15N3O/c1-10-5-6-11-3-2-4-13(14(11)17-10)18-8-7-12(16)9-15/h2-6,12H,7-8,16H2,1H3. The summed E-state index contributed by atoms with van der Waals surface area (Å²) in [4.78, 5) is 4.47. The van der Waals surface area contributed by atoms with Crippen LogP contribution in [0.25, 0.3) is 10.9 Å². The number of nitrogens with two attached hydrogens (primary N) is 1. The number of hydrogen-bond acceptors (Lipinski definition) is 4. The molecule has 0 fully saturated rings. The molecule has 0 aliphatic rings. The van der Waals surface area contributed by atoms with Gasteiger partial charge in [0.15, 0.2) is 0 Å². The van der Waals surface area contributed by atoms with Gasteiger partial charge in [0.25, 0.3) is 0 Å². The van der Waals surface area contributed by atoms with Crippen LogP contribution in [-0.2, 0) is 0 Å². The van der Waals surface area contributed by atoms with E-state index in [-0.39, 0.29) is 0 Å². The Hall–Kier alpha value is -2.12. The molecule has 2 aromatic rings. The van der Waals surface area contributed by atoms with E-state index >= 15 is 0 Å². The minimum absolute atomic E-state index is 0.420. The summed E-state index contributed by atoms with van der Waals surface area (Å²) in [5, 5.41) is 9.64. The second-order valence-electron chi connectivity index (χ2n) is 4.15. The molecule has 1 unspecified atom stereocenters. The molecule has 4 nitrogen and oxygen atoms in total. The first-order valence-electron chi connectivity index (χ1n) is 5.85. The molecule has 1 aromatic carbocycles. The Morgan fingerprint density at radius 2 is 2.22 bits per heavy atom. The van der Waals surface area contributed by atoms with Crippen molar-refractivity contribution in [3.63, 3.8) is 0 Å². The van der Waals surface area contributed by atoms with Gasteiger partial charge in [0.2, 0.25) is 0 Å². The Bertz CT molecular complexity index is 589. The highest BCUT2D eigenvalue weighted by Gasteiger charge is 2.05. The molecule has 1 heterocycles. The molecule has 0 saturated heterocycles. The Morgan fingerprint density at radius 1 is 1.39 bits per heavy atom. The van der Waals surface area contributed by atoms with Gasteiger partial charge in [0.1, 0.15) is 11.3 Å². The lowest BCUT2D eigenvalue weighted by atomic mass is 10.2. The lowest BCUT2D eigenvalue weighted by molar-refractivity contribution is 0.309. The molecule has 1 atom stereocenters. The second kappa shape index (κ2) is 5.48. The van der Waals surface area contributed by atoms with Crippen molar-refractivity contribution < 1.29 is 4.74 Å². The van der Waals surface area contributed by atoms with Gasteiger partial charge in [-0.05, 0) is 19.1 Å². The molecule has 2 N–H and O–H groups in total. The SMILES string of the molecule is Cc1ccc2cccc(OCCC(N)C#N)c2n1. The van der Waals surface area contributed by atoms with Crippen LogP contribution >= 0.6 is 0 Å². The van der Waals surface area contributed by atoms with Gasteiger partial charge in [-0.1, -0.05) is 18.2 Å². The van der Waals surface area contributed by atoms with Crippen molar-refractivity contribution in [2.24, 2.45) is 5.73 Å². The number of fused-ring (bicyclic) bond motifs is 1. The van der Waals surface area contributed by atoms with E-state index in [1.165, 1.54) is 0 Å². The third-order valence-electron chi connectivity index (χ3n) is 2.67. The van der Waals surface area contributed by atoms with E-state index in [0.717, 1.165) is 22.3 Å². The molecular formula is C14H15N3O. The lowest BCUT2D eigenvalue weighted by Crippen LogP contribution is -2.20. The van der Waals surface area contributed by atoms with Gasteiger partial charge in [-0.15, -0.1) is 0 Å². The molecule has 1 aromatic heterocycles. The van der Waals surface area contributed by atoms with Crippen LogP contribution in [0.3, 0.4) is 0 Å². The summed E-state index contributed by atoms with van der Waals surface area (Å²) in [5.74, 6) is 0.737. The van der Waals surface area contributed by atoms with Gasteiger partial charge in [-0.3, -0.25) is 0 Å². The van der Waals surface area contributed by atoms with Crippen molar-refractivity contribution in [2.75, 3.05) is 6.61 Å². The summed E-state index contributed by atoms with van der Waals surface area (Å²) in [5.41, 5.74) is 7.32. The second-order valence-corrected chi connectivity index (χ2v) is 4.15. The molecule has 0 spiro atoms. The number of rotatable bonds is 4. The maximum atomic E-state index is 8.60. The highest BCUT2D eigenvalue weighted by atomic mass is 16.5. The molecule has 0 bridgehead atoms. The molecule has 18 heavy (non-hydrogen) atoms. The molecule has 92 valence electrons. The van der Waals surface area contributed by atoms with Crippen LogP contribution in [0, 0.1) is 18.3 Å². The van der Waals surface area contributed by atoms with Crippen molar-refractivity contribution in [2.45, 2.75) is 19.4 Å². The fourth-order valence-electron chi connectivity index (χ4n) is 1.69. The van der Waals surface area contributed by atoms with Crippen LogP contribution in [0.5, 0.6) is 5.75 Å². The summed E-state index contributed by atoms with van der Waals surface area (Å²) in [6, 6.07) is 11.3. The maximum Gasteiger partial charge on any atom is 0.145 e. The van der Waals surface area contributed by atoms with Crippen LogP contribution in [0.15, 0.2) is 30.3 Å². The molecule has 0 aliphatic heterocycles. The number of ether oxygens (including phenoxy) is 1. The van der Waals surface area contributed by atoms with Crippen LogP contribution < -0.4 is 10.5 Å². The smallest absolute Gasteiger partial charge is 0.145 e. The Balaban J connectivity index is 2.18. The van der Waals surface area contributed by atoms with Gasteiger partial charge in [-0.2, -0.15) is 5.26 Å². The average molecular weight is 241 g/mol.